The van der Waals surface area contributed by atoms with Crippen LogP contribution in [0.4, 0.5) is 5.82 Å². The molecule has 2 N–H and O–H groups in total. The number of fused-ring (bicyclic) bond motifs is 1. The Kier molecular flexibility index (Phi) is 3.37. The van der Waals surface area contributed by atoms with Crippen molar-refractivity contribution in [1.29, 1.82) is 0 Å². The first-order valence-electron chi connectivity index (χ1n) is 6.71. The number of carbonyl (C=O) groups is 1. The number of nitrogens with one attached hydrogen (secondary N) is 1. The maximum Gasteiger partial charge on any atom is 0.339 e. The third kappa shape index (κ3) is 2.49. The molecule has 0 aromatic carbocycles. The first kappa shape index (κ1) is 12.7. The Morgan fingerprint density at radius 2 is 2.35 bits per heavy atom. The highest BCUT2D eigenvalue weighted by atomic mass is 16.4. The molecule has 2 heterocycles. The molecule has 0 aliphatic heterocycles. The summed E-state index contributed by atoms with van der Waals surface area (Å²) in [5.41, 5.74) is 2.35. The average Bonchev–Trinajstić information content (AvgIpc) is 3.07. The average molecular weight is 272 g/mol. The van der Waals surface area contributed by atoms with E-state index in [0.717, 1.165) is 30.5 Å². The maximum atomic E-state index is 11.3. The van der Waals surface area contributed by atoms with Gasteiger partial charge in [-0.3, -0.25) is 4.68 Å². The Balaban J connectivity index is 1.75. The molecule has 0 bridgehead atoms. The van der Waals surface area contributed by atoms with Crippen LogP contribution in [0.2, 0.25) is 0 Å². The quantitative estimate of drug-likeness (QED) is 0.863. The summed E-state index contributed by atoms with van der Waals surface area (Å²) in [5.74, 6) is -0.473. The van der Waals surface area contributed by atoms with Gasteiger partial charge in [-0.1, -0.05) is 0 Å². The fraction of sp³-hybridized carbons (Fsp3) is 0.357. The molecule has 2 aromatic heterocycles. The zero-order valence-electron chi connectivity index (χ0n) is 11.0. The van der Waals surface area contributed by atoms with Crippen molar-refractivity contribution in [3.05, 3.63) is 41.3 Å². The summed E-state index contributed by atoms with van der Waals surface area (Å²) >= 11 is 0. The van der Waals surface area contributed by atoms with E-state index in [4.69, 9.17) is 0 Å². The number of aryl methyl sites for hydroxylation is 2. The molecule has 0 amide bonds. The van der Waals surface area contributed by atoms with Gasteiger partial charge in [0.15, 0.2) is 0 Å². The minimum atomic E-state index is -0.936. The molecular weight excluding hydrogens is 256 g/mol. The van der Waals surface area contributed by atoms with E-state index in [0.29, 0.717) is 18.9 Å². The van der Waals surface area contributed by atoms with Crippen LogP contribution in [-0.4, -0.2) is 32.4 Å². The molecule has 0 saturated heterocycles. The van der Waals surface area contributed by atoms with E-state index >= 15 is 0 Å². The van der Waals surface area contributed by atoms with Crippen LogP contribution in [0, 0.1) is 0 Å². The van der Waals surface area contributed by atoms with Crippen LogP contribution in [-0.2, 0) is 19.4 Å². The molecular formula is C14H16N4O2. The molecule has 1 aliphatic rings. The number of anilines is 1. The normalized spacial score (nSPS) is 13.2. The van der Waals surface area contributed by atoms with Gasteiger partial charge in [-0.15, -0.1) is 0 Å². The van der Waals surface area contributed by atoms with Gasteiger partial charge in [-0.25, -0.2) is 9.78 Å². The van der Waals surface area contributed by atoms with Gasteiger partial charge in [0, 0.05) is 24.6 Å². The van der Waals surface area contributed by atoms with Crippen molar-refractivity contribution < 1.29 is 9.90 Å². The third-order valence-electron chi connectivity index (χ3n) is 3.47. The van der Waals surface area contributed by atoms with Crippen molar-refractivity contribution in [2.45, 2.75) is 25.8 Å². The van der Waals surface area contributed by atoms with Gasteiger partial charge in [0.25, 0.3) is 0 Å². The maximum absolute atomic E-state index is 11.3. The molecule has 20 heavy (non-hydrogen) atoms. The minimum absolute atomic E-state index is 0.256. The summed E-state index contributed by atoms with van der Waals surface area (Å²) in [6, 6.07) is 3.62. The van der Waals surface area contributed by atoms with Crippen LogP contribution in [0.3, 0.4) is 0 Å². The van der Waals surface area contributed by atoms with Crippen LogP contribution in [0.5, 0.6) is 0 Å². The van der Waals surface area contributed by atoms with Gasteiger partial charge in [-0.05, 0) is 37.0 Å². The van der Waals surface area contributed by atoms with E-state index in [1.54, 1.807) is 16.9 Å². The second kappa shape index (κ2) is 5.32. The number of hydrogen-bond acceptors (Lipinski definition) is 4. The molecule has 0 atom stereocenters. The monoisotopic (exact) mass is 272 g/mol. The number of aromatic carboxylic acids is 1. The largest absolute Gasteiger partial charge is 0.478 e. The zero-order valence-corrected chi connectivity index (χ0v) is 11.0. The Bertz CT molecular complexity index is 622. The van der Waals surface area contributed by atoms with E-state index in [1.165, 1.54) is 0 Å². The van der Waals surface area contributed by atoms with Crippen molar-refractivity contribution in [3.63, 3.8) is 0 Å². The van der Waals surface area contributed by atoms with Crippen molar-refractivity contribution in [3.8, 4) is 0 Å². The van der Waals surface area contributed by atoms with E-state index in [2.05, 4.69) is 15.4 Å². The smallest absolute Gasteiger partial charge is 0.339 e. The molecule has 6 nitrogen and oxygen atoms in total. The number of carboxylic acids is 1. The van der Waals surface area contributed by atoms with Gasteiger partial charge in [0.2, 0.25) is 0 Å². The standard InChI is InChI=1S/C14H16N4O2/c19-14(20)11-9-10-3-1-4-12(10)17-13(11)15-6-8-18-7-2-5-16-18/h2,5,7,9H,1,3-4,6,8H2,(H,15,17)(H,19,20). The number of pyridine rings is 1. The lowest BCUT2D eigenvalue weighted by Gasteiger charge is -2.11. The first-order valence-corrected chi connectivity index (χ1v) is 6.71. The lowest BCUT2D eigenvalue weighted by atomic mass is 10.1. The van der Waals surface area contributed by atoms with Crippen molar-refractivity contribution in [2.75, 3.05) is 11.9 Å². The van der Waals surface area contributed by atoms with Gasteiger partial charge < -0.3 is 10.4 Å². The number of hydrogen-bond donors (Lipinski definition) is 2. The van der Waals surface area contributed by atoms with Crippen LogP contribution >= 0.6 is 0 Å². The van der Waals surface area contributed by atoms with Gasteiger partial charge >= 0.3 is 5.97 Å². The predicted molar refractivity (Wildman–Crippen MR) is 73.9 cm³/mol. The van der Waals surface area contributed by atoms with Gasteiger partial charge in [0.1, 0.15) is 11.4 Å². The summed E-state index contributed by atoms with van der Waals surface area (Å²) in [5, 5.41) is 16.5. The minimum Gasteiger partial charge on any atom is -0.478 e. The fourth-order valence-corrected chi connectivity index (χ4v) is 2.49. The Labute approximate surface area is 116 Å². The van der Waals surface area contributed by atoms with Crippen molar-refractivity contribution >= 4 is 11.8 Å². The summed E-state index contributed by atoms with van der Waals surface area (Å²) in [6.07, 6.45) is 6.50. The molecule has 1 aliphatic carbocycles. The Morgan fingerprint density at radius 3 is 3.10 bits per heavy atom. The molecule has 3 rings (SSSR count). The fourth-order valence-electron chi connectivity index (χ4n) is 2.49. The number of carboxylic acid groups (broad SMARTS) is 1. The summed E-state index contributed by atoms with van der Waals surface area (Å²) in [4.78, 5) is 15.8. The SMILES string of the molecule is O=C(O)c1cc2c(nc1NCCn1cccn1)CCC2. The molecule has 0 fully saturated rings. The van der Waals surface area contributed by atoms with Crippen LogP contribution < -0.4 is 5.32 Å². The predicted octanol–water partition coefficient (Wildman–Crippen LogP) is 1.58. The number of rotatable bonds is 5. The van der Waals surface area contributed by atoms with Gasteiger partial charge in [0.05, 0.1) is 6.54 Å². The molecule has 0 radical (unpaired) electrons. The first-order chi connectivity index (χ1) is 9.74. The topological polar surface area (TPSA) is 80.0 Å². The highest BCUT2D eigenvalue weighted by Crippen LogP contribution is 2.25. The molecule has 0 saturated carbocycles. The highest BCUT2D eigenvalue weighted by Gasteiger charge is 2.19. The Hall–Kier alpha value is -2.37. The van der Waals surface area contributed by atoms with Crippen LogP contribution in [0.1, 0.15) is 28.0 Å². The number of nitrogens with zero attached hydrogens (tertiary/aromatic N) is 3. The Morgan fingerprint density at radius 1 is 1.45 bits per heavy atom. The third-order valence-corrected chi connectivity index (χ3v) is 3.47. The molecule has 0 unspecified atom stereocenters. The van der Waals surface area contributed by atoms with Crippen LogP contribution in [0.25, 0.3) is 0 Å². The van der Waals surface area contributed by atoms with Gasteiger partial charge in [-0.2, -0.15) is 5.10 Å². The second-order valence-electron chi connectivity index (χ2n) is 4.84. The zero-order chi connectivity index (χ0) is 13.9. The molecule has 6 heteroatoms. The summed E-state index contributed by atoms with van der Waals surface area (Å²) in [6.45, 7) is 1.26. The van der Waals surface area contributed by atoms with Crippen molar-refractivity contribution in [1.82, 2.24) is 14.8 Å². The summed E-state index contributed by atoms with van der Waals surface area (Å²) in [7, 11) is 0. The lowest BCUT2D eigenvalue weighted by molar-refractivity contribution is 0.0697. The highest BCUT2D eigenvalue weighted by molar-refractivity contribution is 5.93. The van der Waals surface area contributed by atoms with E-state index in [1.807, 2.05) is 12.3 Å². The van der Waals surface area contributed by atoms with Crippen molar-refractivity contribution in [2.24, 2.45) is 0 Å². The molecule has 2 aromatic rings. The lowest BCUT2D eigenvalue weighted by Crippen LogP contribution is -2.15. The molecule has 0 spiro atoms. The second-order valence-corrected chi connectivity index (χ2v) is 4.84. The van der Waals surface area contributed by atoms with E-state index in [9.17, 15) is 9.90 Å². The molecule has 104 valence electrons. The summed E-state index contributed by atoms with van der Waals surface area (Å²) < 4.78 is 1.79. The van der Waals surface area contributed by atoms with E-state index < -0.39 is 5.97 Å². The van der Waals surface area contributed by atoms with E-state index in [-0.39, 0.29) is 5.56 Å². The van der Waals surface area contributed by atoms with Crippen LogP contribution in [0.15, 0.2) is 24.5 Å². The number of aromatic nitrogens is 3.